The normalized spacial score (nSPS) is 12.5. The molecule has 0 aliphatic rings. The minimum Gasteiger partial charge on any atom is -1.00 e. The zero-order valence-electron chi connectivity index (χ0n) is 20.3. The fourth-order valence-electron chi connectivity index (χ4n) is 4.55. The monoisotopic (exact) mass is 491 g/mol. The second-order valence-corrected chi connectivity index (χ2v) is 14.9. The first-order valence-corrected chi connectivity index (χ1v) is 15.0. The van der Waals surface area contributed by atoms with Gasteiger partial charge in [-0.05, 0) is 27.7 Å². The van der Waals surface area contributed by atoms with Crippen molar-refractivity contribution in [3.63, 3.8) is 0 Å². The van der Waals surface area contributed by atoms with Gasteiger partial charge in [-0.15, -0.1) is 0 Å². The van der Waals surface area contributed by atoms with Crippen LogP contribution in [-0.2, 0) is 0 Å². The maximum atomic E-state index is 7.69. The molecule has 0 N–H and O–H groups in total. The van der Waals surface area contributed by atoms with E-state index in [2.05, 4.69) is 107 Å². The summed E-state index contributed by atoms with van der Waals surface area (Å²) in [4.78, 5) is 0. The van der Waals surface area contributed by atoms with Crippen LogP contribution in [0.4, 0.5) is 0 Å². The van der Waals surface area contributed by atoms with Crippen LogP contribution in [-0.4, -0.2) is 36.8 Å². The summed E-state index contributed by atoms with van der Waals surface area (Å²) >= 11 is 7.69. The quantitative estimate of drug-likeness (QED) is 0.333. The molecule has 0 aliphatic heterocycles. The number of hydrogen-bond donors (Lipinski definition) is 0. The molecule has 3 aromatic carbocycles. The summed E-state index contributed by atoms with van der Waals surface area (Å²) in [7, 11) is 0. The van der Waals surface area contributed by atoms with Crippen LogP contribution in [0.15, 0.2) is 91.0 Å². The second-order valence-electron chi connectivity index (χ2n) is 8.11. The Kier molecular flexibility index (Phi) is 11.4. The van der Waals surface area contributed by atoms with Crippen molar-refractivity contribution < 1.29 is 16.9 Å². The van der Waals surface area contributed by atoms with Crippen LogP contribution in [0.3, 0.4) is 0 Å². The predicted molar refractivity (Wildman–Crippen MR) is 144 cm³/mol. The van der Waals surface area contributed by atoms with E-state index in [0.717, 1.165) is 6.16 Å². The molecule has 0 saturated carbocycles. The van der Waals surface area contributed by atoms with Gasteiger partial charge in [-0.1, -0.05) is 0 Å². The van der Waals surface area contributed by atoms with E-state index < -0.39 is 5.96 Å². The van der Waals surface area contributed by atoms with Gasteiger partial charge in [-0.25, -0.2) is 0 Å². The van der Waals surface area contributed by atoms with E-state index in [1.807, 2.05) is 18.2 Å². The van der Waals surface area contributed by atoms with Gasteiger partial charge in [-0.3, -0.25) is 0 Å². The van der Waals surface area contributed by atoms with E-state index in [4.69, 9.17) is 11.2 Å². The molecule has 0 aliphatic carbocycles. The fourth-order valence-corrected chi connectivity index (χ4v) is 9.94. The Morgan fingerprint density at radius 1 is 0.531 bits per heavy atom. The van der Waals surface area contributed by atoms with Crippen molar-refractivity contribution in [2.24, 2.45) is 0 Å². The third-order valence-corrected chi connectivity index (χ3v) is 14.9. The van der Waals surface area contributed by atoms with Crippen LogP contribution < -0.4 is 28.3 Å². The zero-order chi connectivity index (χ0) is 22.8. The summed E-state index contributed by atoms with van der Waals surface area (Å²) in [5.41, 5.74) is 0. The van der Waals surface area contributed by atoms with Gasteiger partial charge in [0.25, 0.3) is 0 Å². The molecule has 0 amide bonds. The summed E-state index contributed by atoms with van der Waals surface area (Å²) in [5, 5.41) is 3.69. The van der Waals surface area contributed by atoms with E-state index >= 15 is 0 Å². The summed E-state index contributed by atoms with van der Waals surface area (Å²) < 4.78 is 1.28. The SMILES string of the molecule is CCP(Cl)(c1ccccc1)(c1ccccc1)c1ccccc1.CC[N+](CC)(CC)CC.[Cl-]. The van der Waals surface area contributed by atoms with Crippen molar-refractivity contribution in [1.29, 1.82) is 0 Å². The number of halogens is 2. The van der Waals surface area contributed by atoms with Crippen LogP contribution in [0.1, 0.15) is 34.6 Å². The molecule has 4 heteroatoms. The van der Waals surface area contributed by atoms with E-state index in [0.29, 0.717) is 0 Å². The Morgan fingerprint density at radius 3 is 0.938 bits per heavy atom. The van der Waals surface area contributed by atoms with Crippen LogP contribution >= 0.6 is 17.2 Å². The minimum absolute atomic E-state index is 0. The predicted octanol–water partition coefficient (Wildman–Crippen LogP) is 3.58. The summed E-state index contributed by atoms with van der Waals surface area (Å²) in [6.45, 7) is 16.4. The largest absolute Gasteiger partial charge is 1.00 e. The molecule has 3 rings (SSSR count). The van der Waals surface area contributed by atoms with Crippen molar-refractivity contribution in [1.82, 2.24) is 0 Å². The first-order chi connectivity index (χ1) is 14.9. The van der Waals surface area contributed by atoms with E-state index in [-0.39, 0.29) is 12.4 Å². The van der Waals surface area contributed by atoms with Gasteiger partial charge in [0.1, 0.15) is 0 Å². The maximum absolute atomic E-state index is 7.69. The maximum Gasteiger partial charge on any atom is 0.0757 e. The average Bonchev–Trinajstić information content (AvgIpc) is 2.87. The van der Waals surface area contributed by atoms with Crippen molar-refractivity contribution in [3.05, 3.63) is 91.0 Å². The van der Waals surface area contributed by atoms with E-state index in [1.165, 1.54) is 46.6 Å². The third kappa shape index (κ3) is 5.57. The number of benzene rings is 3. The Balaban J connectivity index is 0.000000440. The van der Waals surface area contributed by atoms with Crippen LogP contribution in [0.5, 0.6) is 0 Å². The molecule has 0 radical (unpaired) electrons. The second kappa shape index (κ2) is 12.8. The molecule has 32 heavy (non-hydrogen) atoms. The van der Waals surface area contributed by atoms with Gasteiger partial charge in [0, 0.05) is 0 Å². The number of nitrogens with zero attached hydrogens (tertiary/aromatic N) is 1. The van der Waals surface area contributed by atoms with Gasteiger partial charge >= 0.3 is 137 Å². The number of rotatable bonds is 8. The Bertz CT molecular complexity index is 780. The van der Waals surface area contributed by atoms with E-state index in [9.17, 15) is 0 Å². The standard InChI is InChI=1S/C20H20ClP.C8H20N.ClH/c1-2-22(21,18-12-6-3-7-13-18,19-14-8-4-9-15-19)20-16-10-5-11-17-20;1-5-9(6-2,7-3)8-4;/h3-17H,2H2,1H3;5-8H2,1-4H3;1H/q;+1;/p-1. The van der Waals surface area contributed by atoms with Gasteiger partial charge in [0.05, 0.1) is 26.2 Å². The van der Waals surface area contributed by atoms with Crippen LogP contribution in [0.25, 0.3) is 0 Å². The molecule has 0 fully saturated rings. The molecule has 0 heterocycles. The minimum atomic E-state index is -2.93. The Labute approximate surface area is 207 Å². The first kappa shape index (κ1) is 28.7. The third-order valence-electron chi connectivity index (χ3n) is 7.16. The van der Waals surface area contributed by atoms with Crippen molar-refractivity contribution in [2.75, 3.05) is 32.3 Å². The molecule has 0 spiro atoms. The fraction of sp³-hybridized carbons (Fsp3) is 0.357. The summed E-state index contributed by atoms with van der Waals surface area (Å²) in [6, 6.07) is 31.7. The molecule has 0 unspecified atom stereocenters. The number of hydrogen-bond acceptors (Lipinski definition) is 0. The smallest absolute Gasteiger partial charge is 0.0757 e. The van der Waals surface area contributed by atoms with Crippen molar-refractivity contribution in [3.8, 4) is 0 Å². The Hall–Kier alpha value is -1.37. The molecule has 1 nitrogen and oxygen atoms in total. The van der Waals surface area contributed by atoms with Gasteiger partial charge < -0.3 is 16.9 Å². The first-order valence-electron chi connectivity index (χ1n) is 11.7. The van der Waals surface area contributed by atoms with Gasteiger partial charge in [-0.2, -0.15) is 0 Å². The number of quaternary nitrogens is 1. The molecule has 0 aromatic heterocycles. The van der Waals surface area contributed by atoms with Gasteiger partial charge in [0.2, 0.25) is 0 Å². The van der Waals surface area contributed by atoms with Crippen LogP contribution in [0.2, 0.25) is 0 Å². The van der Waals surface area contributed by atoms with Crippen molar-refractivity contribution in [2.45, 2.75) is 34.6 Å². The molecule has 176 valence electrons. The van der Waals surface area contributed by atoms with E-state index in [1.54, 1.807) is 0 Å². The zero-order valence-corrected chi connectivity index (χ0v) is 22.8. The van der Waals surface area contributed by atoms with Crippen molar-refractivity contribution >= 4 is 33.1 Å². The average molecular weight is 493 g/mol. The molecular formula is C28H40Cl2NP. The van der Waals surface area contributed by atoms with Gasteiger partial charge in [0.15, 0.2) is 0 Å². The topological polar surface area (TPSA) is 0 Å². The molecule has 0 saturated heterocycles. The molecule has 0 atom stereocenters. The van der Waals surface area contributed by atoms with Crippen LogP contribution in [0, 0.1) is 0 Å². The molecule has 0 bridgehead atoms. The Morgan fingerprint density at radius 2 is 0.781 bits per heavy atom. The molecule has 3 aromatic rings. The summed E-state index contributed by atoms with van der Waals surface area (Å²) in [5.74, 6) is -2.93. The molecular weight excluding hydrogens is 452 g/mol. The summed E-state index contributed by atoms with van der Waals surface area (Å²) in [6.07, 6.45) is 0.894.